The maximum atomic E-state index is 12.3. The van der Waals surface area contributed by atoms with Gasteiger partial charge in [0.25, 0.3) is 11.8 Å². The van der Waals surface area contributed by atoms with Gasteiger partial charge in [0.05, 0.1) is 40.5 Å². The fourth-order valence-corrected chi connectivity index (χ4v) is 3.01. The van der Waals surface area contributed by atoms with E-state index in [0.29, 0.717) is 11.1 Å². The zero-order chi connectivity index (χ0) is 16.7. The zero-order valence-electron chi connectivity index (χ0n) is 12.8. The van der Waals surface area contributed by atoms with E-state index in [0.717, 1.165) is 20.8 Å². The summed E-state index contributed by atoms with van der Waals surface area (Å²) in [6.07, 6.45) is -0.887. The quantitative estimate of drug-likeness (QED) is 0.825. The fourth-order valence-electron chi connectivity index (χ4n) is 2.73. The highest BCUT2D eigenvalue weighted by Gasteiger charge is 2.36. The van der Waals surface area contributed by atoms with Gasteiger partial charge in [-0.1, -0.05) is 12.1 Å². The number of β-amino-alcohol motifs (C(OH)–C–C–N with tert-alkyl or cyclic N) is 1. The third kappa shape index (κ3) is 2.70. The van der Waals surface area contributed by atoms with Crippen molar-refractivity contribution in [3.8, 4) is 0 Å². The highest BCUT2D eigenvalue weighted by molar-refractivity contribution is 9.10. The molecule has 6 nitrogen and oxygen atoms in total. The van der Waals surface area contributed by atoms with Gasteiger partial charge in [0.1, 0.15) is 0 Å². The second kappa shape index (κ2) is 5.90. The van der Waals surface area contributed by atoms with Gasteiger partial charge in [-0.2, -0.15) is 5.10 Å². The third-order valence-corrected chi connectivity index (χ3v) is 5.10. The molecule has 120 valence electrons. The lowest BCUT2D eigenvalue weighted by atomic mass is 10.1. The summed E-state index contributed by atoms with van der Waals surface area (Å²) in [6.45, 7) is 3.91. The molecule has 0 bridgehead atoms. The number of hydrogen-bond donors (Lipinski definition) is 1. The smallest absolute Gasteiger partial charge is 0.261 e. The average Bonchev–Trinajstić information content (AvgIpc) is 2.91. The maximum Gasteiger partial charge on any atom is 0.261 e. The number of halogens is 1. The molecule has 0 saturated heterocycles. The lowest BCUT2D eigenvalue weighted by molar-refractivity contribution is 0.0514. The van der Waals surface area contributed by atoms with E-state index in [1.165, 1.54) is 0 Å². The lowest BCUT2D eigenvalue weighted by Gasteiger charge is -2.19. The Hall–Kier alpha value is -1.99. The van der Waals surface area contributed by atoms with Gasteiger partial charge in [0, 0.05) is 5.69 Å². The number of aliphatic hydroxyl groups is 1. The van der Waals surface area contributed by atoms with Crippen LogP contribution in [0.4, 0.5) is 0 Å². The van der Waals surface area contributed by atoms with Crippen molar-refractivity contribution >= 4 is 27.7 Å². The molecule has 0 radical (unpaired) electrons. The van der Waals surface area contributed by atoms with Crippen LogP contribution in [-0.2, 0) is 6.54 Å². The summed E-state index contributed by atoms with van der Waals surface area (Å²) in [5.41, 5.74) is 2.50. The molecule has 1 N–H and O–H groups in total. The number of rotatable bonds is 4. The first-order chi connectivity index (χ1) is 10.9. The third-order valence-electron chi connectivity index (χ3n) is 3.95. The molecule has 0 aliphatic carbocycles. The molecule has 2 heterocycles. The molecule has 1 aliphatic rings. The summed E-state index contributed by atoms with van der Waals surface area (Å²) in [5, 5.41) is 14.6. The Morgan fingerprint density at radius 3 is 2.17 bits per heavy atom. The molecule has 2 amide bonds. The first-order valence-corrected chi connectivity index (χ1v) is 8.02. The Morgan fingerprint density at radius 2 is 1.70 bits per heavy atom. The Labute approximate surface area is 141 Å². The van der Waals surface area contributed by atoms with Crippen molar-refractivity contribution in [2.75, 3.05) is 6.54 Å². The van der Waals surface area contributed by atoms with Crippen LogP contribution in [0.5, 0.6) is 0 Å². The van der Waals surface area contributed by atoms with Crippen LogP contribution >= 0.6 is 15.9 Å². The Balaban J connectivity index is 1.74. The number of benzene rings is 1. The van der Waals surface area contributed by atoms with E-state index in [9.17, 15) is 14.7 Å². The number of fused-ring (bicyclic) bond motifs is 1. The van der Waals surface area contributed by atoms with Gasteiger partial charge in [-0.3, -0.25) is 19.2 Å². The molecule has 0 fully saturated rings. The van der Waals surface area contributed by atoms with Gasteiger partial charge in [-0.15, -0.1) is 0 Å². The molecule has 1 atom stereocenters. The molecule has 7 heteroatoms. The first-order valence-electron chi connectivity index (χ1n) is 7.23. The van der Waals surface area contributed by atoms with Crippen LogP contribution in [-0.4, -0.2) is 44.3 Å². The number of amides is 2. The largest absolute Gasteiger partial charge is 0.389 e. The molecule has 0 saturated carbocycles. The van der Waals surface area contributed by atoms with E-state index >= 15 is 0 Å². The molecule has 1 aromatic heterocycles. The Morgan fingerprint density at radius 1 is 1.13 bits per heavy atom. The summed E-state index contributed by atoms with van der Waals surface area (Å²) >= 11 is 3.43. The molecule has 23 heavy (non-hydrogen) atoms. The minimum atomic E-state index is -0.887. The van der Waals surface area contributed by atoms with Crippen molar-refractivity contribution in [3.05, 3.63) is 51.3 Å². The molecule has 0 spiro atoms. The second-order valence-electron chi connectivity index (χ2n) is 5.59. The van der Waals surface area contributed by atoms with Gasteiger partial charge in [-0.25, -0.2) is 0 Å². The molecule has 2 aromatic rings. The number of aryl methyl sites for hydroxylation is 1. The van der Waals surface area contributed by atoms with E-state index in [2.05, 4.69) is 21.0 Å². The van der Waals surface area contributed by atoms with Crippen LogP contribution in [0.25, 0.3) is 0 Å². The van der Waals surface area contributed by atoms with Crippen molar-refractivity contribution in [1.82, 2.24) is 14.7 Å². The van der Waals surface area contributed by atoms with Crippen LogP contribution in [0.15, 0.2) is 28.7 Å². The summed E-state index contributed by atoms with van der Waals surface area (Å²) in [4.78, 5) is 25.7. The normalized spacial score (nSPS) is 15.2. The van der Waals surface area contributed by atoms with Gasteiger partial charge < -0.3 is 5.11 Å². The van der Waals surface area contributed by atoms with E-state index in [1.54, 1.807) is 28.9 Å². The number of carbonyl (C=O) groups excluding carboxylic acids is 2. The zero-order valence-corrected chi connectivity index (χ0v) is 14.4. The number of aliphatic hydroxyl groups excluding tert-OH is 1. The van der Waals surface area contributed by atoms with Gasteiger partial charge in [0.2, 0.25) is 0 Å². The van der Waals surface area contributed by atoms with Crippen LogP contribution in [0.2, 0.25) is 0 Å². The molecule has 1 aliphatic heterocycles. The predicted molar refractivity (Wildman–Crippen MR) is 87.2 cm³/mol. The molecule has 3 rings (SSSR count). The van der Waals surface area contributed by atoms with E-state index in [-0.39, 0.29) is 24.9 Å². The summed E-state index contributed by atoms with van der Waals surface area (Å²) < 4.78 is 2.56. The van der Waals surface area contributed by atoms with Gasteiger partial charge >= 0.3 is 0 Å². The minimum Gasteiger partial charge on any atom is -0.389 e. The summed E-state index contributed by atoms with van der Waals surface area (Å²) in [7, 11) is 0. The topological polar surface area (TPSA) is 75.4 Å². The highest BCUT2D eigenvalue weighted by atomic mass is 79.9. The second-order valence-corrected chi connectivity index (χ2v) is 6.38. The molecular formula is C16H16BrN3O3. The van der Waals surface area contributed by atoms with Crippen molar-refractivity contribution < 1.29 is 14.7 Å². The van der Waals surface area contributed by atoms with Crippen molar-refractivity contribution in [3.63, 3.8) is 0 Å². The predicted octanol–water partition coefficient (Wildman–Crippen LogP) is 1.92. The number of imide groups is 1. The monoisotopic (exact) mass is 377 g/mol. The molecular weight excluding hydrogens is 362 g/mol. The van der Waals surface area contributed by atoms with Crippen molar-refractivity contribution in [2.24, 2.45) is 0 Å². The van der Waals surface area contributed by atoms with Crippen LogP contribution in [0.1, 0.15) is 32.1 Å². The van der Waals surface area contributed by atoms with Crippen LogP contribution in [0, 0.1) is 13.8 Å². The van der Waals surface area contributed by atoms with Crippen molar-refractivity contribution in [2.45, 2.75) is 26.5 Å². The summed E-state index contributed by atoms with van der Waals surface area (Å²) in [6, 6.07) is 6.69. The first kappa shape index (κ1) is 15.9. The van der Waals surface area contributed by atoms with Crippen LogP contribution in [0.3, 0.4) is 0 Å². The minimum absolute atomic E-state index is 0.0533. The van der Waals surface area contributed by atoms with Gasteiger partial charge in [0.15, 0.2) is 0 Å². The molecule has 1 unspecified atom stereocenters. The molecule has 1 aromatic carbocycles. The number of carbonyl (C=O) groups is 2. The van der Waals surface area contributed by atoms with E-state index in [1.807, 2.05) is 13.8 Å². The fraction of sp³-hybridized carbons (Fsp3) is 0.312. The highest BCUT2D eigenvalue weighted by Crippen LogP contribution is 2.23. The van der Waals surface area contributed by atoms with Crippen LogP contribution < -0.4 is 0 Å². The van der Waals surface area contributed by atoms with E-state index < -0.39 is 6.10 Å². The standard InChI is InChI=1S/C16H16BrN3O3/c1-9-14(17)10(2)20(18-9)8-11(21)7-19-15(22)12-5-3-4-6-13(12)16(19)23/h3-6,11,21H,7-8H2,1-2H3. The number of aromatic nitrogens is 2. The maximum absolute atomic E-state index is 12.3. The van der Waals surface area contributed by atoms with Crippen molar-refractivity contribution in [1.29, 1.82) is 0 Å². The SMILES string of the molecule is Cc1nn(CC(O)CN2C(=O)c3ccccc3C2=O)c(C)c1Br. The Kier molecular flexibility index (Phi) is 4.08. The Bertz CT molecular complexity index is 765. The number of nitrogens with zero attached hydrogens (tertiary/aromatic N) is 3. The number of hydrogen-bond acceptors (Lipinski definition) is 4. The van der Waals surface area contributed by atoms with Gasteiger partial charge in [-0.05, 0) is 41.9 Å². The average molecular weight is 378 g/mol. The van der Waals surface area contributed by atoms with E-state index in [4.69, 9.17) is 0 Å². The lowest BCUT2D eigenvalue weighted by Crippen LogP contribution is -2.38. The summed E-state index contributed by atoms with van der Waals surface area (Å²) in [5.74, 6) is -0.724.